The predicted octanol–water partition coefficient (Wildman–Crippen LogP) is 2.60. The SMILES string of the molecule is CC1(C)CNc2cccnc21.c1cnc2c(c1)NC1(COC1)C2. The Bertz CT molecular complexity index is 697. The average Bonchev–Trinajstić information content (AvgIpc) is 3.07. The van der Waals surface area contributed by atoms with E-state index in [-0.39, 0.29) is 11.0 Å². The highest BCUT2D eigenvalue weighted by atomic mass is 16.5. The fourth-order valence-electron chi connectivity index (χ4n) is 3.35. The zero-order valence-corrected chi connectivity index (χ0v) is 13.6. The van der Waals surface area contributed by atoms with Gasteiger partial charge in [-0.15, -0.1) is 0 Å². The topological polar surface area (TPSA) is 59.1 Å². The number of nitrogens with one attached hydrogen (secondary N) is 2. The normalized spacial score (nSPS) is 21.1. The number of nitrogens with zero attached hydrogens (tertiary/aromatic N) is 2. The van der Waals surface area contributed by atoms with Gasteiger partial charge in [0.15, 0.2) is 0 Å². The summed E-state index contributed by atoms with van der Waals surface area (Å²) in [7, 11) is 0. The fourth-order valence-corrected chi connectivity index (χ4v) is 3.35. The lowest BCUT2D eigenvalue weighted by atomic mass is 9.91. The van der Waals surface area contributed by atoms with Crippen molar-refractivity contribution in [1.82, 2.24) is 9.97 Å². The van der Waals surface area contributed by atoms with Crippen LogP contribution in [-0.2, 0) is 16.6 Å². The molecule has 3 aliphatic rings. The van der Waals surface area contributed by atoms with Gasteiger partial charge in [0.05, 0.1) is 41.5 Å². The van der Waals surface area contributed by atoms with E-state index < -0.39 is 0 Å². The molecule has 2 aromatic heterocycles. The molecular formula is C18H22N4O. The maximum absolute atomic E-state index is 5.20. The van der Waals surface area contributed by atoms with Crippen LogP contribution >= 0.6 is 0 Å². The molecule has 23 heavy (non-hydrogen) atoms. The van der Waals surface area contributed by atoms with E-state index in [0.717, 1.165) is 26.2 Å². The van der Waals surface area contributed by atoms with Crippen molar-refractivity contribution in [2.75, 3.05) is 30.4 Å². The highest BCUT2D eigenvalue weighted by Gasteiger charge is 2.43. The van der Waals surface area contributed by atoms with Crippen molar-refractivity contribution in [3.8, 4) is 0 Å². The molecular weight excluding hydrogens is 288 g/mol. The van der Waals surface area contributed by atoms with Crippen molar-refractivity contribution >= 4 is 11.4 Å². The summed E-state index contributed by atoms with van der Waals surface area (Å²) in [5.41, 5.74) is 5.15. The monoisotopic (exact) mass is 310 g/mol. The van der Waals surface area contributed by atoms with Crippen molar-refractivity contribution in [3.05, 3.63) is 48.0 Å². The number of ether oxygens (including phenoxy) is 1. The maximum Gasteiger partial charge on any atom is 0.0897 e. The van der Waals surface area contributed by atoms with Crippen molar-refractivity contribution in [2.45, 2.75) is 31.2 Å². The standard InChI is InChI=1S/C9H10N2O.C9H12N2/c1-2-7-8(10-3-1)4-9(11-7)5-12-6-9;1-9(2)6-11-7-4-3-5-10-8(7)9/h1-3,11H,4-6H2;3-5,11H,6H2,1-2H3. The quantitative estimate of drug-likeness (QED) is 0.783. The number of hydrogen-bond donors (Lipinski definition) is 2. The molecule has 0 saturated carbocycles. The van der Waals surface area contributed by atoms with Crippen LogP contribution in [0.2, 0.25) is 0 Å². The van der Waals surface area contributed by atoms with Gasteiger partial charge in [-0.3, -0.25) is 9.97 Å². The summed E-state index contributed by atoms with van der Waals surface area (Å²) in [5, 5.41) is 6.79. The minimum atomic E-state index is 0.191. The van der Waals surface area contributed by atoms with Crippen LogP contribution in [0.3, 0.4) is 0 Å². The van der Waals surface area contributed by atoms with E-state index in [1.165, 1.54) is 22.8 Å². The van der Waals surface area contributed by atoms with Crippen LogP contribution in [0.1, 0.15) is 25.2 Å². The van der Waals surface area contributed by atoms with E-state index in [0.29, 0.717) is 0 Å². The van der Waals surface area contributed by atoms with E-state index in [9.17, 15) is 0 Å². The van der Waals surface area contributed by atoms with Crippen LogP contribution in [0, 0.1) is 0 Å². The minimum Gasteiger partial charge on any atom is -0.383 e. The van der Waals surface area contributed by atoms with E-state index in [1.807, 2.05) is 24.5 Å². The molecule has 5 heteroatoms. The van der Waals surface area contributed by atoms with Crippen LogP contribution in [0.5, 0.6) is 0 Å². The fraction of sp³-hybridized carbons (Fsp3) is 0.444. The van der Waals surface area contributed by atoms with Crippen molar-refractivity contribution < 1.29 is 4.74 Å². The lowest BCUT2D eigenvalue weighted by Crippen LogP contribution is -2.54. The summed E-state index contributed by atoms with van der Waals surface area (Å²) >= 11 is 0. The summed E-state index contributed by atoms with van der Waals surface area (Å²) in [4.78, 5) is 8.67. The van der Waals surface area contributed by atoms with Gasteiger partial charge < -0.3 is 15.4 Å². The third-order valence-corrected chi connectivity index (χ3v) is 4.72. The molecule has 120 valence electrons. The first-order valence-electron chi connectivity index (χ1n) is 8.07. The molecule has 0 atom stereocenters. The van der Waals surface area contributed by atoms with Crippen molar-refractivity contribution in [3.63, 3.8) is 0 Å². The Hall–Kier alpha value is -2.14. The molecule has 5 heterocycles. The second kappa shape index (κ2) is 5.20. The number of fused-ring (bicyclic) bond motifs is 2. The molecule has 0 bridgehead atoms. The van der Waals surface area contributed by atoms with E-state index >= 15 is 0 Å². The van der Waals surface area contributed by atoms with E-state index in [1.54, 1.807) is 0 Å². The Morgan fingerprint density at radius 2 is 1.78 bits per heavy atom. The molecule has 1 saturated heterocycles. The molecule has 5 rings (SSSR count). The highest BCUT2D eigenvalue weighted by Crippen LogP contribution is 2.35. The number of pyridine rings is 2. The maximum atomic E-state index is 5.20. The molecule has 3 aliphatic heterocycles. The first kappa shape index (κ1) is 14.5. The summed E-state index contributed by atoms with van der Waals surface area (Å²) < 4.78 is 5.20. The van der Waals surface area contributed by atoms with Gasteiger partial charge >= 0.3 is 0 Å². The van der Waals surface area contributed by atoms with Crippen LogP contribution in [0.4, 0.5) is 11.4 Å². The molecule has 0 amide bonds. The molecule has 5 nitrogen and oxygen atoms in total. The van der Waals surface area contributed by atoms with E-state index in [4.69, 9.17) is 4.74 Å². The first-order chi connectivity index (χ1) is 11.1. The van der Waals surface area contributed by atoms with Crippen LogP contribution < -0.4 is 10.6 Å². The summed E-state index contributed by atoms with van der Waals surface area (Å²) in [6.07, 6.45) is 4.72. The molecule has 1 spiro atoms. The van der Waals surface area contributed by atoms with Crippen molar-refractivity contribution in [1.29, 1.82) is 0 Å². The molecule has 0 unspecified atom stereocenters. The van der Waals surface area contributed by atoms with Gasteiger partial charge in [0.25, 0.3) is 0 Å². The third-order valence-electron chi connectivity index (χ3n) is 4.72. The van der Waals surface area contributed by atoms with Crippen LogP contribution in [0.15, 0.2) is 36.7 Å². The first-order valence-corrected chi connectivity index (χ1v) is 8.07. The Balaban J connectivity index is 0.000000118. The summed E-state index contributed by atoms with van der Waals surface area (Å²) in [5.74, 6) is 0. The lowest BCUT2D eigenvalue weighted by molar-refractivity contribution is -0.0379. The van der Waals surface area contributed by atoms with Crippen LogP contribution in [0.25, 0.3) is 0 Å². The Morgan fingerprint density at radius 3 is 2.43 bits per heavy atom. The second-order valence-electron chi connectivity index (χ2n) is 7.21. The predicted molar refractivity (Wildman–Crippen MR) is 90.9 cm³/mol. The summed E-state index contributed by atoms with van der Waals surface area (Å²) in [6, 6.07) is 8.09. The minimum absolute atomic E-state index is 0.191. The van der Waals surface area contributed by atoms with Crippen molar-refractivity contribution in [2.24, 2.45) is 0 Å². The Morgan fingerprint density at radius 1 is 1.04 bits per heavy atom. The zero-order valence-electron chi connectivity index (χ0n) is 13.6. The molecule has 2 aromatic rings. The number of rotatable bonds is 0. The van der Waals surface area contributed by atoms with Gasteiger partial charge in [-0.25, -0.2) is 0 Å². The van der Waals surface area contributed by atoms with E-state index in [2.05, 4.69) is 46.6 Å². The van der Waals surface area contributed by atoms with Gasteiger partial charge in [0, 0.05) is 30.8 Å². The Kier molecular flexibility index (Phi) is 3.27. The van der Waals surface area contributed by atoms with Gasteiger partial charge in [0.1, 0.15) is 0 Å². The van der Waals surface area contributed by atoms with Gasteiger partial charge in [0.2, 0.25) is 0 Å². The zero-order chi connectivity index (χ0) is 15.9. The largest absolute Gasteiger partial charge is 0.383 e. The van der Waals surface area contributed by atoms with Gasteiger partial charge in [-0.05, 0) is 24.3 Å². The highest BCUT2D eigenvalue weighted by molar-refractivity contribution is 5.57. The molecule has 0 aliphatic carbocycles. The Labute approximate surface area is 136 Å². The number of aromatic nitrogens is 2. The molecule has 1 fully saturated rings. The second-order valence-corrected chi connectivity index (χ2v) is 7.21. The smallest absolute Gasteiger partial charge is 0.0897 e. The third kappa shape index (κ3) is 2.55. The van der Waals surface area contributed by atoms with Gasteiger partial charge in [-0.1, -0.05) is 13.8 Å². The van der Waals surface area contributed by atoms with Gasteiger partial charge in [-0.2, -0.15) is 0 Å². The summed E-state index contributed by atoms with van der Waals surface area (Å²) in [6.45, 7) is 7.06. The average molecular weight is 310 g/mol. The number of anilines is 2. The molecule has 0 aromatic carbocycles. The lowest BCUT2D eigenvalue weighted by Gasteiger charge is -2.38. The van der Waals surface area contributed by atoms with Crippen LogP contribution in [-0.4, -0.2) is 35.3 Å². The number of hydrogen-bond acceptors (Lipinski definition) is 5. The molecule has 2 N–H and O–H groups in total. The molecule has 0 radical (unpaired) electrons.